The Morgan fingerprint density at radius 2 is 1.23 bits per heavy atom. The number of hydrogen-bond donors (Lipinski definition) is 0. The maximum Gasteiger partial charge on any atom is 0.137 e. The average Bonchev–Trinajstić information content (AvgIpc) is 2.80. The second kappa shape index (κ2) is 9.89. The van der Waals surface area contributed by atoms with Crippen molar-refractivity contribution in [2.24, 2.45) is 0 Å². The van der Waals surface area contributed by atoms with Crippen LogP contribution >= 0.6 is 34.8 Å². The molecule has 5 rings (SSSR count). The molecule has 0 bridgehead atoms. The molecular weight excluding hydrogens is 527 g/mol. The minimum absolute atomic E-state index is 0.0972. The van der Waals surface area contributed by atoms with Crippen molar-refractivity contribution in [3.8, 4) is 11.4 Å². The quantitative estimate of drug-likeness (QED) is 0.160. The van der Waals surface area contributed by atoms with Crippen LogP contribution in [-0.4, -0.2) is 19.9 Å². The van der Waals surface area contributed by atoms with Gasteiger partial charge in [-0.15, -0.1) is 0 Å². The topological polar surface area (TPSA) is 51.6 Å². The van der Waals surface area contributed by atoms with Crippen LogP contribution in [0.4, 0.5) is 17.6 Å². The largest absolute Gasteiger partial charge is 0.261 e. The van der Waals surface area contributed by atoms with E-state index in [0.717, 1.165) is 24.3 Å². The van der Waals surface area contributed by atoms with Crippen molar-refractivity contribution in [1.29, 1.82) is 0 Å². The third-order valence-electron chi connectivity index (χ3n) is 5.09. The van der Waals surface area contributed by atoms with Gasteiger partial charge < -0.3 is 0 Å². The van der Waals surface area contributed by atoms with E-state index in [0.29, 0.717) is 22.5 Å². The first-order chi connectivity index (χ1) is 16.6. The number of rotatable bonds is 1. The van der Waals surface area contributed by atoms with Crippen LogP contribution in [0, 0.1) is 37.1 Å². The van der Waals surface area contributed by atoms with Crippen molar-refractivity contribution >= 4 is 56.6 Å². The fraction of sp³-hybridized carbons (Fsp3) is 0.0833. The van der Waals surface area contributed by atoms with Gasteiger partial charge in [-0.2, -0.15) is 0 Å². The molecule has 3 aromatic heterocycles. The summed E-state index contributed by atoms with van der Waals surface area (Å²) in [5.41, 5.74) is 2.28. The van der Waals surface area contributed by atoms with Gasteiger partial charge in [0.1, 0.15) is 34.1 Å². The Morgan fingerprint density at radius 1 is 0.686 bits per heavy atom. The predicted octanol–water partition coefficient (Wildman–Crippen LogP) is 8.06. The Kier molecular flexibility index (Phi) is 7.07. The Hall–Kier alpha value is -3.07. The molecule has 0 aliphatic carbocycles. The zero-order valence-corrected chi connectivity index (χ0v) is 20.2. The molecule has 0 amide bonds. The molecule has 0 atom stereocenters. The molecule has 5 aromatic rings. The van der Waals surface area contributed by atoms with Crippen LogP contribution < -0.4 is 0 Å². The van der Waals surface area contributed by atoms with Crippen molar-refractivity contribution in [3.05, 3.63) is 92.5 Å². The second-order valence-corrected chi connectivity index (χ2v) is 8.51. The third kappa shape index (κ3) is 4.87. The van der Waals surface area contributed by atoms with Crippen LogP contribution in [0.5, 0.6) is 0 Å². The molecule has 0 fully saturated rings. The number of nitrogens with zero attached hydrogens (tertiary/aromatic N) is 4. The summed E-state index contributed by atoms with van der Waals surface area (Å²) in [6.07, 6.45) is 4.56. The Balaban J connectivity index is 0.000000172. The highest BCUT2D eigenvalue weighted by atomic mass is 35.5. The molecule has 2 aromatic carbocycles. The van der Waals surface area contributed by atoms with Crippen LogP contribution in [0.25, 0.3) is 33.2 Å². The summed E-state index contributed by atoms with van der Waals surface area (Å²) in [6, 6.07) is 3.79. The van der Waals surface area contributed by atoms with Crippen molar-refractivity contribution in [2.45, 2.75) is 13.8 Å². The van der Waals surface area contributed by atoms with E-state index in [1.807, 2.05) is 0 Å². The molecule has 4 nitrogen and oxygen atoms in total. The van der Waals surface area contributed by atoms with Crippen molar-refractivity contribution < 1.29 is 17.6 Å². The van der Waals surface area contributed by atoms with Gasteiger partial charge >= 0.3 is 0 Å². The van der Waals surface area contributed by atoms with Gasteiger partial charge in [-0.3, -0.25) is 9.97 Å². The SMILES string of the molecule is Cc1c(-c2cnccn2)nc2cc(F)cc(F)c2c1Cl.Cc1c(Cl)nc2cc(F)cc(F)c2c1Cl. The van der Waals surface area contributed by atoms with Crippen molar-refractivity contribution in [1.82, 2.24) is 19.9 Å². The van der Waals surface area contributed by atoms with Crippen LogP contribution in [0.3, 0.4) is 0 Å². The maximum atomic E-state index is 13.8. The van der Waals surface area contributed by atoms with E-state index in [2.05, 4.69) is 19.9 Å². The molecule has 0 saturated carbocycles. The monoisotopic (exact) mass is 538 g/mol. The summed E-state index contributed by atoms with van der Waals surface area (Å²) in [7, 11) is 0. The number of hydrogen-bond acceptors (Lipinski definition) is 4. The lowest BCUT2D eigenvalue weighted by Crippen LogP contribution is -1.97. The van der Waals surface area contributed by atoms with Crippen molar-refractivity contribution in [3.63, 3.8) is 0 Å². The minimum atomic E-state index is -0.734. The molecule has 0 saturated heterocycles. The number of pyridine rings is 2. The lowest BCUT2D eigenvalue weighted by Gasteiger charge is -2.10. The van der Waals surface area contributed by atoms with E-state index in [4.69, 9.17) is 34.8 Å². The molecule has 0 aliphatic rings. The lowest BCUT2D eigenvalue weighted by atomic mass is 10.1. The summed E-state index contributed by atoms with van der Waals surface area (Å²) in [6.45, 7) is 3.33. The second-order valence-electron chi connectivity index (χ2n) is 7.40. The number of halogens is 7. The first-order valence-corrected chi connectivity index (χ1v) is 11.0. The highest BCUT2D eigenvalue weighted by Crippen LogP contribution is 2.34. The van der Waals surface area contributed by atoms with Gasteiger partial charge in [-0.1, -0.05) is 34.8 Å². The summed E-state index contributed by atoms with van der Waals surface area (Å²) < 4.78 is 53.4. The zero-order valence-electron chi connectivity index (χ0n) is 18.0. The molecule has 35 heavy (non-hydrogen) atoms. The highest BCUT2D eigenvalue weighted by Gasteiger charge is 2.17. The molecule has 0 N–H and O–H groups in total. The molecule has 0 aliphatic heterocycles. The molecule has 0 unspecified atom stereocenters. The van der Waals surface area contributed by atoms with Crippen molar-refractivity contribution in [2.75, 3.05) is 0 Å². The minimum Gasteiger partial charge on any atom is -0.261 e. The number of benzene rings is 2. The van der Waals surface area contributed by atoms with Crippen LogP contribution in [-0.2, 0) is 0 Å². The average molecular weight is 540 g/mol. The van der Waals surface area contributed by atoms with Gasteiger partial charge in [-0.25, -0.2) is 27.5 Å². The normalized spacial score (nSPS) is 11.0. The van der Waals surface area contributed by atoms with Gasteiger partial charge in [-0.05, 0) is 19.4 Å². The first kappa shape index (κ1) is 25.0. The Morgan fingerprint density at radius 3 is 1.77 bits per heavy atom. The van der Waals surface area contributed by atoms with E-state index >= 15 is 0 Å². The highest BCUT2D eigenvalue weighted by molar-refractivity contribution is 6.39. The predicted molar refractivity (Wildman–Crippen MR) is 129 cm³/mol. The molecule has 178 valence electrons. The van der Waals surface area contributed by atoms with Crippen LogP contribution in [0.15, 0.2) is 42.9 Å². The Bertz CT molecular complexity index is 1600. The zero-order chi connectivity index (χ0) is 25.4. The Labute approximate surface area is 211 Å². The summed E-state index contributed by atoms with van der Waals surface area (Å²) in [5.74, 6) is -2.87. The molecular formula is C24H13Cl3F4N4. The number of aromatic nitrogens is 4. The molecule has 11 heteroatoms. The van der Waals surface area contributed by atoms with Crippen LogP contribution in [0.1, 0.15) is 11.1 Å². The van der Waals surface area contributed by atoms with Gasteiger partial charge in [0.05, 0.1) is 43.7 Å². The molecule has 0 radical (unpaired) electrons. The van der Waals surface area contributed by atoms with Gasteiger partial charge in [0.2, 0.25) is 0 Å². The van der Waals surface area contributed by atoms with E-state index < -0.39 is 23.3 Å². The molecule has 3 heterocycles. The summed E-state index contributed by atoms with van der Waals surface area (Å²) >= 11 is 17.8. The molecule has 0 spiro atoms. The van der Waals surface area contributed by atoms with Gasteiger partial charge in [0, 0.05) is 42.2 Å². The lowest BCUT2D eigenvalue weighted by molar-refractivity contribution is 0.590. The summed E-state index contributed by atoms with van der Waals surface area (Å²) in [5, 5.41) is 0.728. The standard InChI is InChI=1S/C14H8ClF2N3.C10H5Cl2F2N/c1-7-13(15)12-9(17)4-8(16)5-10(12)20-14(7)11-6-18-2-3-19-11;1-4-9(11)8-6(14)2-5(13)3-7(8)15-10(4)12/h2-6H,1H3;2-3H,1H3. The summed E-state index contributed by atoms with van der Waals surface area (Å²) in [4.78, 5) is 16.2. The fourth-order valence-electron chi connectivity index (χ4n) is 3.37. The smallest absolute Gasteiger partial charge is 0.137 e. The first-order valence-electron chi connectivity index (χ1n) is 9.90. The van der Waals surface area contributed by atoms with E-state index in [9.17, 15) is 17.6 Å². The number of fused-ring (bicyclic) bond motifs is 2. The third-order valence-corrected chi connectivity index (χ3v) is 6.40. The van der Waals surface area contributed by atoms with Gasteiger partial charge in [0.25, 0.3) is 0 Å². The fourth-order valence-corrected chi connectivity index (χ4v) is 4.15. The van der Waals surface area contributed by atoms with E-state index in [-0.39, 0.29) is 37.0 Å². The van der Waals surface area contributed by atoms with E-state index in [1.54, 1.807) is 13.8 Å². The maximum absolute atomic E-state index is 13.8. The van der Waals surface area contributed by atoms with Crippen LogP contribution in [0.2, 0.25) is 15.2 Å². The van der Waals surface area contributed by atoms with Gasteiger partial charge in [0.15, 0.2) is 0 Å². The van der Waals surface area contributed by atoms with E-state index in [1.165, 1.54) is 18.6 Å².